The summed E-state index contributed by atoms with van der Waals surface area (Å²) in [6, 6.07) is 11.6. The average molecular weight is 326 g/mol. The number of rotatable bonds is 3. The van der Waals surface area contributed by atoms with Crippen molar-refractivity contribution in [3.63, 3.8) is 0 Å². The number of H-pyrrole nitrogens is 1. The molecule has 5 heteroatoms. The number of aromatic amines is 1. The molecule has 0 spiro atoms. The third-order valence-electron chi connectivity index (χ3n) is 4.76. The van der Waals surface area contributed by atoms with Crippen LogP contribution in [0.1, 0.15) is 35.8 Å². The van der Waals surface area contributed by atoms with Gasteiger partial charge in [0.2, 0.25) is 5.43 Å². The first kappa shape index (κ1) is 16.3. The second-order valence-electron chi connectivity index (χ2n) is 6.92. The van der Waals surface area contributed by atoms with E-state index in [-0.39, 0.29) is 28.4 Å². The minimum Gasteiger partial charge on any atom is -0.491 e. The standard InChI is InChI=1S/C19H22N2O3/c1-19(2)12-21(11-14(19)13-7-5-4-6-8-13)18(23)15-9-16(22)17(24-3)10-20-15/h4-10,14H,11-12H2,1-3H3,(H,20,22)/t14-/m1/s1. The predicted octanol–water partition coefficient (Wildman–Crippen LogP) is 2.65. The van der Waals surface area contributed by atoms with E-state index < -0.39 is 0 Å². The third-order valence-corrected chi connectivity index (χ3v) is 4.76. The van der Waals surface area contributed by atoms with E-state index in [0.29, 0.717) is 18.8 Å². The summed E-state index contributed by atoms with van der Waals surface area (Å²) in [5.74, 6) is 0.323. The number of methoxy groups -OCH3 is 1. The number of benzene rings is 1. The molecule has 1 N–H and O–H groups in total. The van der Waals surface area contributed by atoms with Crippen LogP contribution in [-0.2, 0) is 0 Å². The molecule has 1 aromatic carbocycles. The van der Waals surface area contributed by atoms with Gasteiger partial charge in [-0.15, -0.1) is 0 Å². The summed E-state index contributed by atoms with van der Waals surface area (Å²) in [6.45, 7) is 5.65. The lowest BCUT2D eigenvalue weighted by Crippen LogP contribution is -2.31. The zero-order valence-corrected chi connectivity index (χ0v) is 14.2. The normalized spacial score (nSPS) is 19.3. The van der Waals surface area contributed by atoms with E-state index in [1.54, 1.807) is 0 Å². The number of likely N-dealkylation sites (tertiary alicyclic amines) is 1. The van der Waals surface area contributed by atoms with Gasteiger partial charge in [0, 0.05) is 31.3 Å². The van der Waals surface area contributed by atoms with Crippen molar-refractivity contribution >= 4 is 5.91 Å². The minimum absolute atomic E-state index is 0.0240. The molecule has 1 atom stereocenters. The Labute approximate surface area is 141 Å². The third kappa shape index (κ3) is 2.94. The predicted molar refractivity (Wildman–Crippen MR) is 92.5 cm³/mol. The van der Waals surface area contributed by atoms with Gasteiger partial charge in [-0.3, -0.25) is 9.59 Å². The number of ether oxygens (including phenoxy) is 1. The molecule has 1 saturated heterocycles. The number of amides is 1. The van der Waals surface area contributed by atoms with Crippen LogP contribution in [0.3, 0.4) is 0 Å². The molecule has 1 aliphatic rings. The van der Waals surface area contributed by atoms with Crippen molar-refractivity contribution in [1.29, 1.82) is 0 Å². The van der Waals surface area contributed by atoms with Crippen LogP contribution in [0, 0.1) is 5.41 Å². The fraction of sp³-hybridized carbons (Fsp3) is 0.368. The Kier molecular flexibility index (Phi) is 4.18. The van der Waals surface area contributed by atoms with E-state index in [4.69, 9.17) is 4.74 Å². The molecule has 3 rings (SSSR count). The highest BCUT2D eigenvalue weighted by atomic mass is 16.5. The number of hydrogen-bond acceptors (Lipinski definition) is 3. The van der Waals surface area contributed by atoms with Crippen molar-refractivity contribution in [3.05, 3.63) is 64.1 Å². The lowest BCUT2D eigenvalue weighted by molar-refractivity contribution is 0.0772. The molecule has 1 amide bonds. The summed E-state index contributed by atoms with van der Waals surface area (Å²) < 4.78 is 4.94. The van der Waals surface area contributed by atoms with Gasteiger partial charge < -0.3 is 14.6 Å². The van der Waals surface area contributed by atoms with Crippen LogP contribution in [0.4, 0.5) is 0 Å². The van der Waals surface area contributed by atoms with E-state index in [1.807, 2.05) is 23.1 Å². The van der Waals surface area contributed by atoms with Gasteiger partial charge in [0.25, 0.3) is 5.91 Å². The van der Waals surface area contributed by atoms with Crippen LogP contribution in [-0.4, -0.2) is 36.0 Å². The fourth-order valence-electron chi connectivity index (χ4n) is 3.44. The van der Waals surface area contributed by atoms with Gasteiger partial charge in [0.1, 0.15) is 5.69 Å². The van der Waals surface area contributed by atoms with Gasteiger partial charge in [-0.05, 0) is 11.0 Å². The topological polar surface area (TPSA) is 62.4 Å². The Morgan fingerprint density at radius 2 is 2.00 bits per heavy atom. The average Bonchev–Trinajstić information content (AvgIpc) is 2.90. The van der Waals surface area contributed by atoms with E-state index in [9.17, 15) is 9.59 Å². The van der Waals surface area contributed by atoms with Crippen molar-refractivity contribution in [2.75, 3.05) is 20.2 Å². The molecule has 24 heavy (non-hydrogen) atoms. The Bertz CT molecular complexity index is 796. The Hall–Kier alpha value is -2.56. The van der Waals surface area contributed by atoms with E-state index in [0.717, 1.165) is 0 Å². The molecule has 1 aromatic heterocycles. The number of carbonyl (C=O) groups is 1. The highest BCUT2D eigenvalue weighted by Gasteiger charge is 2.42. The summed E-state index contributed by atoms with van der Waals surface area (Å²) in [6.07, 6.45) is 1.44. The highest BCUT2D eigenvalue weighted by molar-refractivity contribution is 5.92. The molecule has 2 aromatic rings. The van der Waals surface area contributed by atoms with E-state index in [2.05, 4.69) is 31.0 Å². The number of pyridine rings is 1. The molecule has 0 radical (unpaired) electrons. The molecule has 0 unspecified atom stereocenters. The quantitative estimate of drug-likeness (QED) is 0.943. The van der Waals surface area contributed by atoms with Crippen molar-refractivity contribution in [1.82, 2.24) is 9.88 Å². The van der Waals surface area contributed by atoms with Crippen molar-refractivity contribution < 1.29 is 9.53 Å². The number of aromatic nitrogens is 1. The Morgan fingerprint density at radius 3 is 2.62 bits per heavy atom. The van der Waals surface area contributed by atoms with Crippen LogP contribution < -0.4 is 10.2 Å². The number of nitrogens with zero attached hydrogens (tertiary/aromatic N) is 1. The second-order valence-corrected chi connectivity index (χ2v) is 6.92. The second kappa shape index (κ2) is 6.15. The van der Waals surface area contributed by atoms with Gasteiger partial charge in [-0.25, -0.2) is 0 Å². The zero-order chi connectivity index (χ0) is 17.3. The lowest BCUT2D eigenvalue weighted by Gasteiger charge is -2.25. The van der Waals surface area contributed by atoms with Crippen LogP contribution in [0.25, 0.3) is 0 Å². The maximum Gasteiger partial charge on any atom is 0.270 e. The molecule has 0 aliphatic carbocycles. The van der Waals surface area contributed by atoms with Crippen molar-refractivity contribution in [2.24, 2.45) is 5.41 Å². The van der Waals surface area contributed by atoms with Crippen LogP contribution in [0.15, 0.2) is 47.4 Å². The molecule has 126 valence electrons. The maximum absolute atomic E-state index is 12.8. The SMILES string of the molecule is COc1c[nH]c(C(=O)N2C[C@H](c3ccccc3)C(C)(C)C2)cc1=O. The number of hydrogen-bond donors (Lipinski definition) is 1. The van der Waals surface area contributed by atoms with E-state index in [1.165, 1.54) is 24.9 Å². The molecular weight excluding hydrogens is 304 g/mol. The van der Waals surface area contributed by atoms with Crippen molar-refractivity contribution in [2.45, 2.75) is 19.8 Å². The first-order chi connectivity index (χ1) is 11.4. The highest BCUT2D eigenvalue weighted by Crippen LogP contribution is 2.42. The van der Waals surface area contributed by atoms with Gasteiger partial charge in [0.15, 0.2) is 5.75 Å². The summed E-state index contributed by atoms with van der Waals surface area (Å²) in [5.41, 5.74) is 1.22. The summed E-state index contributed by atoms with van der Waals surface area (Å²) in [5, 5.41) is 0. The van der Waals surface area contributed by atoms with Gasteiger partial charge in [-0.1, -0.05) is 44.2 Å². The van der Waals surface area contributed by atoms with Crippen LogP contribution in [0.5, 0.6) is 5.75 Å². The number of carbonyl (C=O) groups excluding carboxylic acids is 1. The van der Waals surface area contributed by atoms with Crippen molar-refractivity contribution in [3.8, 4) is 5.75 Å². The first-order valence-electron chi connectivity index (χ1n) is 8.03. The Morgan fingerprint density at radius 1 is 1.29 bits per heavy atom. The van der Waals surface area contributed by atoms with Gasteiger partial charge >= 0.3 is 0 Å². The van der Waals surface area contributed by atoms with Gasteiger partial charge in [0.05, 0.1) is 7.11 Å². The van der Waals surface area contributed by atoms with E-state index >= 15 is 0 Å². The monoisotopic (exact) mass is 326 g/mol. The molecule has 2 heterocycles. The fourth-order valence-corrected chi connectivity index (χ4v) is 3.44. The summed E-state index contributed by atoms with van der Waals surface area (Å²) >= 11 is 0. The maximum atomic E-state index is 12.8. The lowest BCUT2D eigenvalue weighted by atomic mass is 9.78. The Balaban J connectivity index is 1.85. The number of nitrogens with one attached hydrogen (secondary N) is 1. The molecular formula is C19H22N2O3. The summed E-state index contributed by atoms with van der Waals surface area (Å²) in [4.78, 5) is 29.4. The first-order valence-corrected chi connectivity index (χ1v) is 8.03. The smallest absolute Gasteiger partial charge is 0.270 e. The molecule has 0 saturated carbocycles. The zero-order valence-electron chi connectivity index (χ0n) is 14.2. The minimum atomic E-state index is -0.294. The molecule has 5 nitrogen and oxygen atoms in total. The van der Waals surface area contributed by atoms with Gasteiger partial charge in [-0.2, -0.15) is 0 Å². The summed E-state index contributed by atoms with van der Waals surface area (Å²) in [7, 11) is 1.43. The largest absolute Gasteiger partial charge is 0.491 e. The molecule has 1 fully saturated rings. The molecule has 0 bridgehead atoms. The molecule has 1 aliphatic heterocycles. The van der Waals surface area contributed by atoms with Crippen LogP contribution >= 0.6 is 0 Å². The van der Waals surface area contributed by atoms with Crippen LogP contribution in [0.2, 0.25) is 0 Å².